The molecule has 0 aliphatic carbocycles. The van der Waals surface area contributed by atoms with Crippen molar-refractivity contribution in [2.75, 3.05) is 0 Å². The van der Waals surface area contributed by atoms with E-state index in [0.29, 0.717) is 0 Å². The van der Waals surface area contributed by atoms with Gasteiger partial charge in [0.15, 0.2) is 6.54 Å². The molecular formula is C8H14N2O2. The number of aryl methyl sites for hydroxylation is 1. The van der Waals surface area contributed by atoms with Crippen LogP contribution in [0.3, 0.4) is 0 Å². The van der Waals surface area contributed by atoms with Crippen molar-refractivity contribution in [2.24, 2.45) is 0 Å². The number of hydrogen-bond acceptors (Lipinski definition) is 3. The summed E-state index contributed by atoms with van der Waals surface area (Å²) in [6.45, 7) is 2.95. The van der Waals surface area contributed by atoms with E-state index in [4.69, 9.17) is 0 Å². The fourth-order valence-corrected chi connectivity index (χ4v) is 1.07. The lowest BCUT2D eigenvalue weighted by atomic mass is 10.2. The fraction of sp³-hybridized carbons (Fsp3) is 0.750. The van der Waals surface area contributed by atoms with Gasteiger partial charge in [0, 0.05) is 6.42 Å². The van der Waals surface area contributed by atoms with Gasteiger partial charge >= 0.3 is 0 Å². The quantitative estimate of drug-likeness (QED) is 0.480. The predicted molar refractivity (Wildman–Crippen MR) is 40.3 cm³/mol. The summed E-state index contributed by atoms with van der Waals surface area (Å²) < 4.78 is 5.93. The van der Waals surface area contributed by atoms with Crippen molar-refractivity contribution in [1.82, 2.24) is 5.27 Å². The highest BCUT2D eigenvalue weighted by molar-refractivity contribution is 4.80. The number of rotatable bonds is 5. The van der Waals surface area contributed by atoms with E-state index in [9.17, 15) is 5.11 Å². The average molecular weight is 170 g/mol. The lowest BCUT2D eigenvalue weighted by Crippen LogP contribution is -2.34. The first-order valence-corrected chi connectivity index (χ1v) is 4.36. The first-order valence-electron chi connectivity index (χ1n) is 4.36. The second-order valence-electron chi connectivity index (χ2n) is 2.84. The molecule has 0 saturated heterocycles. The Bertz CT molecular complexity index is 223. The number of unbranched alkanes of at least 4 members (excludes halogenated alkanes) is 3. The maximum Gasteiger partial charge on any atom is 0.221 e. The molecule has 0 saturated carbocycles. The SMILES string of the molecule is CCCCCC[n+]1cc([O-])on1. The maximum atomic E-state index is 10.5. The summed E-state index contributed by atoms with van der Waals surface area (Å²) in [5.41, 5.74) is 0. The zero-order valence-electron chi connectivity index (χ0n) is 7.32. The van der Waals surface area contributed by atoms with Crippen LogP contribution in [0.25, 0.3) is 0 Å². The number of hydrogen-bond donors (Lipinski definition) is 0. The summed E-state index contributed by atoms with van der Waals surface area (Å²) in [6.07, 6.45) is 6.08. The van der Waals surface area contributed by atoms with Crippen molar-refractivity contribution < 1.29 is 14.3 Å². The molecule has 0 aromatic carbocycles. The molecular weight excluding hydrogens is 156 g/mol. The minimum Gasteiger partial charge on any atom is -0.539 e. The molecule has 1 rings (SSSR count). The van der Waals surface area contributed by atoms with E-state index in [0.717, 1.165) is 13.0 Å². The molecule has 0 unspecified atom stereocenters. The van der Waals surface area contributed by atoms with Gasteiger partial charge < -0.3 is 9.63 Å². The Morgan fingerprint density at radius 3 is 2.92 bits per heavy atom. The second-order valence-corrected chi connectivity index (χ2v) is 2.84. The summed E-state index contributed by atoms with van der Waals surface area (Å²) in [5, 5.41) is 14.1. The highest BCUT2D eigenvalue weighted by Gasteiger charge is 2.01. The standard InChI is InChI=1S/C8H14N2O2/c1-2-3-4-5-6-10-7-8(11)12-9-10/h7H,2-6H2,1H3. The molecule has 0 N–H and O–H groups in total. The van der Waals surface area contributed by atoms with Gasteiger partial charge in [-0.25, -0.2) is 0 Å². The summed E-state index contributed by atoms with van der Waals surface area (Å²) in [4.78, 5) is 0. The second kappa shape index (κ2) is 4.74. The third-order valence-corrected chi connectivity index (χ3v) is 1.73. The molecule has 0 amide bonds. The van der Waals surface area contributed by atoms with Gasteiger partial charge in [-0.2, -0.15) is 0 Å². The van der Waals surface area contributed by atoms with Crippen molar-refractivity contribution in [2.45, 2.75) is 39.2 Å². The van der Waals surface area contributed by atoms with Crippen molar-refractivity contribution in [3.8, 4) is 5.95 Å². The Hall–Kier alpha value is -1.06. The Labute approximate surface area is 71.8 Å². The van der Waals surface area contributed by atoms with Gasteiger partial charge in [0.2, 0.25) is 6.20 Å². The molecule has 4 nitrogen and oxygen atoms in total. The summed E-state index contributed by atoms with van der Waals surface area (Å²) in [6, 6.07) is 0. The summed E-state index contributed by atoms with van der Waals surface area (Å²) >= 11 is 0. The lowest BCUT2D eigenvalue weighted by molar-refractivity contribution is -0.762. The van der Waals surface area contributed by atoms with Gasteiger partial charge in [0.25, 0.3) is 0 Å². The third kappa shape index (κ3) is 2.90. The van der Waals surface area contributed by atoms with Crippen LogP contribution in [0.4, 0.5) is 0 Å². The smallest absolute Gasteiger partial charge is 0.221 e. The molecule has 0 fully saturated rings. The molecule has 1 heterocycles. The molecule has 0 radical (unpaired) electrons. The van der Waals surface area contributed by atoms with Crippen molar-refractivity contribution in [3.63, 3.8) is 0 Å². The third-order valence-electron chi connectivity index (χ3n) is 1.73. The van der Waals surface area contributed by atoms with E-state index in [1.165, 1.54) is 25.5 Å². The lowest BCUT2D eigenvalue weighted by Gasteiger charge is -1.91. The molecule has 4 heteroatoms. The largest absolute Gasteiger partial charge is 0.539 e. The van der Waals surface area contributed by atoms with Crippen LogP contribution in [-0.4, -0.2) is 5.27 Å². The molecule has 68 valence electrons. The van der Waals surface area contributed by atoms with Crippen LogP contribution in [0.5, 0.6) is 5.95 Å². The number of aromatic nitrogens is 2. The molecule has 0 atom stereocenters. The van der Waals surface area contributed by atoms with Crippen LogP contribution < -0.4 is 9.79 Å². The first kappa shape index (κ1) is 9.03. The van der Waals surface area contributed by atoms with Crippen molar-refractivity contribution >= 4 is 0 Å². The van der Waals surface area contributed by atoms with Gasteiger partial charge in [0.05, 0.1) is 5.27 Å². The van der Waals surface area contributed by atoms with E-state index in [1.807, 2.05) is 0 Å². The molecule has 0 spiro atoms. The zero-order valence-corrected chi connectivity index (χ0v) is 7.32. The van der Waals surface area contributed by atoms with E-state index < -0.39 is 0 Å². The molecule has 0 bridgehead atoms. The minimum absolute atomic E-state index is 0.370. The van der Waals surface area contributed by atoms with E-state index in [-0.39, 0.29) is 5.95 Å². The van der Waals surface area contributed by atoms with E-state index in [2.05, 4.69) is 16.7 Å². The highest BCUT2D eigenvalue weighted by atomic mass is 16.6. The zero-order chi connectivity index (χ0) is 8.81. The Morgan fingerprint density at radius 2 is 2.33 bits per heavy atom. The minimum atomic E-state index is -0.370. The Balaban J connectivity index is 2.15. The van der Waals surface area contributed by atoms with Gasteiger partial charge in [-0.05, 0) is 6.42 Å². The van der Waals surface area contributed by atoms with Gasteiger partial charge in [-0.1, -0.05) is 24.4 Å². The predicted octanol–water partition coefficient (Wildman–Crippen LogP) is 0.616. The van der Waals surface area contributed by atoms with E-state index >= 15 is 0 Å². The molecule has 1 aromatic heterocycles. The van der Waals surface area contributed by atoms with E-state index in [1.54, 1.807) is 4.68 Å². The Morgan fingerprint density at radius 1 is 1.50 bits per heavy atom. The molecule has 1 aromatic rings. The van der Waals surface area contributed by atoms with Crippen molar-refractivity contribution in [3.05, 3.63) is 6.20 Å². The van der Waals surface area contributed by atoms with Crippen LogP contribution in [0.1, 0.15) is 32.6 Å². The topological polar surface area (TPSA) is 53.0 Å². The monoisotopic (exact) mass is 170 g/mol. The van der Waals surface area contributed by atoms with Gasteiger partial charge in [-0.3, -0.25) is 0 Å². The average Bonchev–Trinajstić information content (AvgIpc) is 2.45. The molecule has 0 aliphatic heterocycles. The first-order chi connectivity index (χ1) is 5.83. The van der Waals surface area contributed by atoms with Crippen molar-refractivity contribution in [1.29, 1.82) is 0 Å². The maximum absolute atomic E-state index is 10.5. The van der Waals surface area contributed by atoms with Crippen LogP contribution in [0, 0.1) is 0 Å². The van der Waals surface area contributed by atoms with Crippen LogP contribution in [-0.2, 0) is 6.54 Å². The normalized spacial score (nSPS) is 10.4. The summed E-state index contributed by atoms with van der Waals surface area (Å²) in [7, 11) is 0. The fourth-order valence-electron chi connectivity index (χ4n) is 1.07. The highest BCUT2D eigenvalue weighted by Crippen LogP contribution is 1.99. The molecule has 12 heavy (non-hydrogen) atoms. The van der Waals surface area contributed by atoms with Gasteiger partial charge in [0.1, 0.15) is 5.95 Å². The van der Waals surface area contributed by atoms with Crippen LogP contribution in [0.15, 0.2) is 10.7 Å². The number of nitrogens with zero attached hydrogens (tertiary/aromatic N) is 2. The molecule has 0 aliphatic rings. The van der Waals surface area contributed by atoms with Crippen LogP contribution in [0.2, 0.25) is 0 Å². The van der Waals surface area contributed by atoms with Gasteiger partial charge in [-0.15, -0.1) is 0 Å². The van der Waals surface area contributed by atoms with Crippen LogP contribution >= 0.6 is 0 Å². The summed E-state index contributed by atoms with van der Waals surface area (Å²) in [5.74, 6) is -0.370. The Kier molecular flexibility index (Phi) is 3.57.